The molecule has 1 aromatic carbocycles. The van der Waals surface area contributed by atoms with Gasteiger partial charge in [-0.1, -0.05) is 35.4 Å². The number of rotatable bonds is 5. The van der Waals surface area contributed by atoms with Gasteiger partial charge < -0.3 is 14.4 Å². The predicted octanol–water partition coefficient (Wildman–Crippen LogP) is 2.65. The van der Waals surface area contributed by atoms with Crippen LogP contribution >= 0.6 is 0 Å². The monoisotopic (exact) mass is 359 g/mol. The van der Waals surface area contributed by atoms with Crippen LogP contribution in [0.3, 0.4) is 0 Å². The molecule has 1 aliphatic rings. The van der Waals surface area contributed by atoms with E-state index in [1.54, 1.807) is 9.58 Å². The van der Waals surface area contributed by atoms with Gasteiger partial charge in [0.25, 0.3) is 0 Å². The molecular formula is C18H25N5O3. The van der Waals surface area contributed by atoms with E-state index in [1.165, 1.54) is 0 Å². The van der Waals surface area contributed by atoms with E-state index < -0.39 is 5.60 Å². The fraction of sp³-hybridized carbons (Fsp3) is 0.556. The van der Waals surface area contributed by atoms with Crippen LogP contribution in [0.2, 0.25) is 0 Å². The van der Waals surface area contributed by atoms with Crippen LogP contribution in [0, 0.1) is 0 Å². The second-order valence-electron chi connectivity index (χ2n) is 7.39. The maximum absolute atomic E-state index is 12.4. The first-order chi connectivity index (χ1) is 12.4. The fourth-order valence-corrected chi connectivity index (χ4v) is 2.92. The van der Waals surface area contributed by atoms with E-state index in [0.717, 1.165) is 18.4 Å². The molecular weight excluding hydrogens is 334 g/mol. The minimum absolute atomic E-state index is 0.00701. The first-order valence-electron chi connectivity index (χ1n) is 8.85. The summed E-state index contributed by atoms with van der Waals surface area (Å²) in [7, 11) is 0. The minimum atomic E-state index is -0.511. The molecule has 0 bridgehead atoms. The molecule has 1 atom stereocenters. The topological polar surface area (TPSA) is 82.4 Å². The van der Waals surface area contributed by atoms with Gasteiger partial charge in [0, 0.05) is 6.54 Å². The van der Waals surface area contributed by atoms with Crippen LogP contribution in [0.5, 0.6) is 6.01 Å². The van der Waals surface area contributed by atoms with Crippen LogP contribution < -0.4 is 4.74 Å². The van der Waals surface area contributed by atoms with Crippen molar-refractivity contribution in [2.45, 2.75) is 58.4 Å². The summed E-state index contributed by atoms with van der Waals surface area (Å²) in [5.74, 6) is 0. The van der Waals surface area contributed by atoms with Gasteiger partial charge in [0.15, 0.2) is 0 Å². The lowest BCUT2D eigenvalue weighted by atomic mass is 10.2. The molecule has 8 nitrogen and oxygen atoms in total. The Balaban J connectivity index is 1.62. The molecule has 1 aliphatic heterocycles. The van der Waals surface area contributed by atoms with Gasteiger partial charge in [0.05, 0.1) is 12.6 Å². The number of nitrogens with zero attached hydrogens (tertiary/aromatic N) is 5. The van der Waals surface area contributed by atoms with Crippen LogP contribution in [0.25, 0.3) is 0 Å². The molecule has 26 heavy (non-hydrogen) atoms. The number of benzene rings is 1. The summed E-state index contributed by atoms with van der Waals surface area (Å²) in [4.78, 5) is 14.2. The number of ether oxygens (including phenoxy) is 2. The number of carbonyl (C=O) groups excluding carboxylic acids is 1. The highest BCUT2D eigenvalue weighted by molar-refractivity contribution is 5.68. The highest BCUT2D eigenvalue weighted by Gasteiger charge is 2.33. The lowest BCUT2D eigenvalue weighted by Gasteiger charge is -2.28. The number of aromatic nitrogens is 4. The summed E-state index contributed by atoms with van der Waals surface area (Å²) < 4.78 is 12.9. The summed E-state index contributed by atoms with van der Waals surface area (Å²) in [5, 5.41) is 11.7. The van der Waals surface area contributed by atoms with Gasteiger partial charge in [-0.2, -0.15) is 4.68 Å². The highest BCUT2D eigenvalue weighted by atomic mass is 16.6. The van der Waals surface area contributed by atoms with Crippen LogP contribution in [-0.2, 0) is 17.9 Å². The van der Waals surface area contributed by atoms with Crippen LogP contribution in [0.15, 0.2) is 30.3 Å². The zero-order valence-corrected chi connectivity index (χ0v) is 15.5. The van der Waals surface area contributed by atoms with Gasteiger partial charge in [-0.3, -0.25) is 0 Å². The van der Waals surface area contributed by atoms with Crippen molar-refractivity contribution in [1.82, 2.24) is 25.1 Å². The third kappa shape index (κ3) is 4.71. The molecule has 1 fully saturated rings. The summed E-state index contributed by atoms with van der Waals surface area (Å²) in [6, 6.07) is 10.2. The highest BCUT2D eigenvalue weighted by Crippen LogP contribution is 2.23. The first-order valence-corrected chi connectivity index (χ1v) is 8.85. The second kappa shape index (κ2) is 7.72. The number of carbonyl (C=O) groups is 1. The van der Waals surface area contributed by atoms with Crippen molar-refractivity contribution in [1.29, 1.82) is 0 Å². The van der Waals surface area contributed by atoms with E-state index in [9.17, 15) is 4.79 Å². The molecule has 1 aromatic heterocycles. The van der Waals surface area contributed by atoms with E-state index >= 15 is 0 Å². The van der Waals surface area contributed by atoms with E-state index in [0.29, 0.717) is 25.7 Å². The van der Waals surface area contributed by atoms with Crippen LogP contribution in [-0.4, -0.2) is 49.4 Å². The standard InChI is InChI=1S/C18H25N5O3/c1-18(2,3)26-17(24)22-11-7-10-15(22)12-23-16(19-20-21-23)25-13-14-8-5-4-6-9-14/h4-6,8-9,15H,7,10-13H2,1-3H3/t15-/m0/s1. The lowest BCUT2D eigenvalue weighted by molar-refractivity contribution is 0.0208. The second-order valence-corrected chi connectivity index (χ2v) is 7.39. The molecule has 140 valence electrons. The van der Waals surface area contributed by atoms with Crippen molar-refractivity contribution < 1.29 is 14.3 Å². The molecule has 1 amide bonds. The SMILES string of the molecule is CC(C)(C)OC(=O)N1CCC[C@H]1Cn1nnnc1OCc1ccccc1. The van der Waals surface area contributed by atoms with E-state index in [2.05, 4.69) is 15.5 Å². The quantitative estimate of drug-likeness (QED) is 0.816. The molecule has 0 spiro atoms. The molecule has 8 heteroatoms. The van der Waals surface area contributed by atoms with Crippen molar-refractivity contribution in [2.75, 3.05) is 6.54 Å². The smallest absolute Gasteiger partial charge is 0.410 e. The van der Waals surface area contributed by atoms with Crippen LogP contribution in [0.1, 0.15) is 39.2 Å². The molecule has 1 saturated heterocycles. The third-order valence-electron chi connectivity index (χ3n) is 4.10. The Bertz CT molecular complexity index is 726. The zero-order chi connectivity index (χ0) is 18.6. The lowest BCUT2D eigenvalue weighted by Crippen LogP contribution is -2.41. The third-order valence-corrected chi connectivity index (χ3v) is 4.10. The normalized spacial score (nSPS) is 17.3. The maximum atomic E-state index is 12.4. The summed E-state index contributed by atoms with van der Waals surface area (Å²) in [6.45, 7) is 7.16. The Morgan fingerprint density at radius 1 is 1.27 bits per heavy atom. The Kier molecular flexibility index (Phi) is 5.39. The van der Waals surface area contributed by atoms with E-state index in [-0.39, 0.29) is 12.1 Å². The van der Waals surface area contributed by atoms with Crippen molar-refractivity contribution in [2.24, 2.45) is 0 Å². The minimum Gasteiger partial charge on any atom is -0.458 e. The summed E-state index contributed by atoms with van der Waals surface area (Å²) >= 11 is 0. The van der Waals surface area contributed by atoms with Gasteiger partial charge in [-0.25, -0.2) is 4.79 Å². The molecule has 2 aromatic rings. The van der Waals surface area contributed by atoms with Crippen LogP contribution in [0.4, 0.5) is 4.79 Å². The largest absolute Gasteiger partial charge is 0.458 e. The van der Waals surface area contributed by atoms with Gasteiger partial charge >= 0.3 is 12.1 Å². The summed E-state index contributed by atoms with van der Waals surface area (Å²) in [5.41, 5.74) is 0.529. The Morgan fingerprint density at radius 2 is 2.04 bits per heavy atom. The van der Waals surface area contributed by atoms with Gasteiger partial charge in [-0.05, 0) is 49.6 Å². The number of likely N-dealkylation sites (tertiary alicyclic amines) is 1. The molecule has 0 saturated carbocycles. The van der Waals surface area contributed by atoms with Gasteiger partial charge in [-0.15, -0.1) is 0 Å². The molecule has 3 rings (SSSR count). The molecule has 0 radical (unpaired) electrons. The molecule has 2 heterocycles. The number of amides is 1. The summed E-state index contributed by atoms with van der Waals surface area (Å²) in [6.07, 6.45) is 1.53. The molecule has 0 unspecified atom stereocenters. The average molecular weight is 359 g/mol. The Hall–Kier alpha value is -2.64. The first kappa shape index (κ1) is 18.2. The number of hydrogen-bond acceptors (Lipinski definition) is 6. The van der Waals surface area contributed by atoms with Crippen molar-refractivity contribution >= 4 is 6.09 Å². The fourth-order valence-electron chi connectivity index (χ4n) is 2.92. The van der Waals surface area contributed by atoms with E-state index in [4.69, 9.17) is 9.47 Å². The molecule has 0 N–H and O–H groups in total. The number of hydrogen-bond donors (Lipinski definition) is 0. The predicted molar refractivity (Wildman–Crippen MR) is 94.6 cm³/mol. The van der Waals surface area contributed by atoms with Crippen molar-refractivity contribution in [3.8, 4) is 6.01 Å². The Morgan fingerprint density at radius 3 is 2.77 bits per heavy atom. The Labute approximate surface area is 153 Å². The van der Waals surface area contributed by atoms with Crippen molar-refractivity contribution in [3.05, 3.63) is 35.9 Å². The molecule has 0 aliphatic carbocycles. The maximum Gasteiger partial charge on any atom is 0.410 e. The van der Waals surface area contributed by atoms with Gasteiger partial charge in [0.2, 0.25) is 0 Å². The van der Waals surface area contributed by atoms with E-state index in [1.807, 2.05) is 51.1 Å². The average Bonchev–Trinajstić information content (AvgIpc) is 3.22. The van der Waals surface area contributed by atoms with Crippen molar-refractivity contribution in [3.63, 3.8) is 0 Å². The zero-order valence-electron chi connectivity index (χ0n) is 15.5. The number of tetrazole rings is 1. The van der Waals surface area contributed by atoms with Gasteiger partial charge in [0.1, 0.15) is 12.2 Å².